The average molecular weight is 312 g/mol. The fourth-order valence-corrected chi connectivity index (χ4v) is 2.63. The maximum Gasteiger partial charge on any atom is 0.303 e. The molecule has 0 bridgehead atoms. The molecule has 1 aromatic carbocycles. The van der Waals surface area contributed by atoms with Crippen LogP contribution in [0.25, 0.3) is 0 Å². The zero-order valence-corrected chi connectivity index (χ0v) is 12.4. The van der Waals surface area contributed by atoms with Gasteiger partial charge in [0.1, 0.15) is 5.75 Å². The Labute approximate surface area is 128 Å². The SMILES string of the molecule is O=C(O)CC1CCN(C(=O)CCOc2ccccc2Cl)C1. The van der Waals surface area contributed by atoms with Gasteiger partial charge in [-0.3, -0.25) is 9.59 Å². The summed E-state index contributed by atoms with van der Waals surface area (Å²) >= 11 is 5.96. The zero-order valence-electron chi connectivity index (χ0n) is 11.6. The predicted octanol–water partition coefficient (Wildman–Crippen LogP) is 2.43. The van der Waals surface area contributed by atoms with E-state index in [1.807, 2.05) is 12.1 Å². The molecule has 5 nitrogen and oxygen atoms in total. The number of aliphatic carboxylic acids is 1. The lowest BCUT2D eigenvalue weighted by atomic mass is 10.1. The molecule has 0 spiro atoms. The Hall–Kier alpha value is -1.75. The fourth-order valence-electron chi connectivity index (χ4n) is 2.44. The average Bonchev–Trinajstić information content (AvgIpc) is 2.88. The molecule has 21 heavy (non-hydrogen) atoms. The van der Waals surface area contributed by atoms with Crippen molar-refractivity contribution in [2.75, 3.05) is 19.7 Å². The van der Waals surface area contributed by atoms with Crippen LogP contribution in [0.5, 0.6) is 5.75 Å². The standard InChI is InChI=1S/C15H18ClNO4/c16-12-3-1-2-4-13(12)21-8-6-14(18)17-7-5-11(10-17)9-15(19)20/h1-4,11H,5-10H2,(H,19,20). The third-order valence-corrected chi connectivity index (χ3v) is 3.82. The smallest absolute Gasteiger partial charge is 0.303 e. The van der Waals surface area contributed by atoms with Gasteiger partial charge in [-0.25, -0.2) is 0 Å². The number of halogens is 1. The van der Waals surface area contributed by atoms with Crippen molar-refractivity contribution in [1.29, 1.82) is 0 Å². The molecule has 6 heteroatoms. The number of carbonyl (C=O) groups excluding carboxylic acids is 1. The van der Waals surface area contributed by atoms with Gasteiger partial charge in [-0.1, -0.05) is 23.7 Å². The molecule has 1 aliphatic rings. The number of hydrogen-bond donors (Lipinski definition) is 1. The number of para-hydroxylation sites is 1. The van der Waals surface area contributed by atoms with Crippen LogP contribution in [0.2, 0.25) is 5.02 Å². The summed E-state index contributed by atoms with van der Waals surface area (Å²) in [6.07, 6.45) is 1.15. The molecule has 1 N–H and O–H groups in total. The highest BCUT2D eigenvalue weighted by molar-refractivity contribution is 6.32. The lowest BCUT2D eigenvalue weighted by molar-refractivity contribution is -0.138. The topological polar surface area (TPSA) is 66.8 Å². The molecular weight excluding hydrogens is 294 g/mol. The van der Waals surface area contributed by atoms with Gasteiger partial charge in [-0.05, 0) is 24.5 Å². The van der Waals surface area contributed by atoms with Crippen LogP contribution in [0.4, 0.5) is 0 Å². The van der Waals surface area contributed by atoms with Crippen molar-refractivity contribution in [1.82, 2.24) is 4.90 Å². The number of likely N-dealkylation sites (tertiary alicyclic amines) is 1. The summed E-state index contributed by atoms with van der Waals surface area (Å²) in [6, 6.07) is 7.12. The van der Waals surface area contributed by atoms with E-state index in [0.717, 1.165) is 6.42 Å². The Morgan fingerprint density at radius 2 is 2.14 bits per heavy atom. The number of carboxylic acid groups (broad SMARTS) is 1. The van der Waals surface area contributed by atoms with E-state index in [9.17, 15) is 9.59 Å². The molecule has 0 aromatic heterocycles. The second kappa shape index (κ2) is 7.31. The molecule has 1 saturated heterocycles. The Morgan fingerprint density at radius 1 is 1.38 bits per heavy atom. The lowest BCUT2D eigenvalue weighted by Gasteiger charge is -2.16. The first-order valence-corrected chi connectivity index (χ1v) is 7.31. The van der Waals surface area contributed by atoms with E-state index >= 15 is 0 Å². The lowest BCUT2D eigenvalue weighted by Crippen LogP contribution is -2.30. The quantitative estimate of drug-likeness (QED) is 0.876. The molecule has 1 heterocycles. The van der Waals surface area contributed by atoms with Gasteiger partial charge < -0.3 is 14.7 Å². The first-order valence-electron chi connectivity index (χ1n) is 6.93. The number of carboxylic acids is 1. The van der Waals surface area contributed by atoms with Crippen molar-refractivity contribution < 1.29 is 19.4 Å². The number of nitrogens with zero attached hydrogens (tertiary/aromatic N) is 1. The molecule has 1 atom stereocenters. The van der Waals surface area contributed by atoms with Gasteiger partial charge in [0.05, 0.1) is 18.1 Å². The normalized spacial score (nSPS) is 17.8. The second-order valence-electron chi connectivity index (χ2n) is 5.12. The van der Waals surface area contributed by atoms with Crippen molar-refractivity contribution in [3.63, 3.8) is 0 Å². The van der Waals surface area contributed by atoms with E-state index in [1.165, 1.54) is 0 Å². The van der Waals surface area contributed by atoms with Gasteiger partial charge in [-0.2, -0.15) is 0 Å². The van der Waals surface area contributed by atoms with E-state index in [4.69, 9.17) is 21.4 Å². The number of hydrogen-bond acceptors (Lipinski definition) is 3. The summed E-state index contributed by atoms with van der Waals surface area (Å²) in [5, 5.41) is 9.28. The van der Waals surface area contributed by atoms with E-state index in [0.29, 0.717) is 23.9 Å². The maximum atomic E-state index is 12.0. The minimum Gasteiger partial charge on any atom is -0.491 e. The first kappa shape index (κ1) is 15.6. The Morgan fingerprint density at radius 3 is 2.86 bits per heavy atom. The Bertz CT molecular complexity index is 520. The van der Waals surface area contributed by atoms with Gasteiger partial charge in [0.15, 0.2) is 0 Å². The predicted molar refractivity (Wildman–Crippen MR) is 78.5 cm³/mol. The van der Waals surface area contributed by atoms with Crippen molar-refractivity contribution in [2.24, 2.45) is 5.92 Å². The Balaban J connectivity index is 1.73. The van der Waals surface area contributed by atoms with Crippen LogP contribution >= 0.6 is 11.6 Å². The van der Waals surface area contributed by atoms with Crippen molar-refractivity contribution in [3.8, 4) is 5.75 Å². The van der Waals surface area contributed by atoms with Crippen molar-refractivity contribution in [2.45, 2.75) is 19.3 Å². The third-order valence-electron chi connectivity index (χ3n) is 3.51. The number of ether oxygens (including phenoxy) is 1. The fraction of sp³-hybridized carbons (Fsp3) is 0.467. The Kier molecular flexibility index (Phi) is 5.44. The molecule has 1 fully saturated rings. The largest absolute Gasteiger partial charge is 0.491 e. The van der Waals surface area contributed by atoms with Crippen LogP contribution in [0.3, 0.4) is 0 Å². The van der Waals surface area contributed by atoms with Crippen LogP contribution in [0, 0.1) is 5.92 Å². The molecule has 0 radical (unpaired) electrons. The van der Waals surface area contributed by atoms with Crippen molar-refractivity contribution in [3.05, 3.63) is 29.3 Å². The summed E-state index contributed by atoms with van der Waals surface area (Å²) in [7, 11) is 0. The molecule has 1 aromatic rings. The molecule has 1 unspecified atom stereocenters. The van der Waals surface area contributed by atoms with Gasteiger partial charge in [0, 0.05) is 19.5 Å². The van der Waals surface area contributed by atoms with E-state index in [-0.39, 0.29) is 31.3 Å². The summed E-state index contributed by atoms with van der Waals surface area (Å²) in [5.41, 5.74) is 0. The minimum atomic E-state index is -0.809. The monoisotopic (exact) mass is 311 g/mol. The van der Waals surface area contributed by atoms with Crippen LogP contribution < -0.4 is 4.74 Å². The van der Waals surface area contributed by atoms with Crippen molar-refractivity contribution >= 4 is 23.5 Å². The number of rotatable bonds is 6. The summed E-state index contributed by atoms with van der Waals surface area (Å²) in [6.45, 7) is 1.42. The number of carbonyl (C=O) groups is 2. The van der Waals surface area contributed by atoms with Gasteiger partial charge in [0.25, 0.3) is 0 Å². The van der Waals surface area contributed by atoms with E-state index in [1.54, 1.807) is 17.0 Å². The summed E-state index contributed by atoms with van der Waals surface area (Å²) in [4.78, 5) is 24.4. The molecule has 0 saturated carbocycles. The van der Waals surface area contributed by atoms with Crippen LogP contribution in [-0.2, 0) is 9.59 Å². The highest BCUT2D eigenvalue weighted by Gasteiger charge is 2.27. The molecule has 1 aliphatic heterocycles. The van der Waals surface area contributed by atoms with Gasteiger partial charge in [-0.15, -0.1) is 0 Å². The zero-order chi connectivity index (χ0) is 15.2. The summed E-state index contributed by atoms with van der Waals surface area (Å²) < 4.78 is 5.48. The van der Waals surface area contributed by atoms with E-state index in [2.05, 4.69) is 0 Å². The van der Waals surface area contributed by atoms with E-state index < -0.39 is 5.97 Å². The van der Waals surface area contributed by atoms with Gasteiger partial charge >= 0.3 is 5.97 Å². The molecule has 0 aliphatic carbocycles. The molecule has 2 rings (SSSR count). The number of amides is 1. The molecular formula is C15H18ClNO4. The van der Waals surface area contributed by atoms with Gasteiger partial charge in [0.2, 0.25) is 5.91 Å². The second-order valence-corrected chi connectivity index (χ2v) is 5.53. The highest BCUT2D eigenvalue weighted by Crippen LogP contribution is 2.24. The third kappa shape index (κ3) is 4.63. The maximum absolute atomic E-state index is 12.0. The minimum absolute atomic E-state index is 0.00468. The number of benzene rings is 1. The van der Waals surface area contributed by atoms with Crippen LogP contribution in [0.1, 0.15) is 19.3 Å². The summed E-state index contributed by atoms with van der Waals surface area (Å²) in [5.74, 6) is -0.181. The first-order chi connectivity index (χ1) is 10.1. The molecule has 114 valence electrons. The van der Waals surface area contributed by atoms with Crippen LogP contribution in [0.15, 0.2) is 24.3 Å². The molecule has 1 amide bonds. The van der Waals surface area contributed by atoms with Crippen LogP contribution in [-0.4, -0.2) is 41.6 Å². The highest BCUT2D eigenvalue weighted by atomic mass is 35.5.